The van der Waals surface area contributed by atoms with Crippen molar-refractivity contribution in [2.24, 2.45) is 13.0 Å². The number of aromatic nitrogens is 4. The van der Waals surface area contributed by atoms with E-state index in [1.165, 1.54) is 28.9 Å². The van der Waals surface area contributed by atoms with Crippen molar-refractivity contribution >= 4 is 28.7 Å². The maximum absolute atomic E-state index is 12.9. The Hall–Kier alpha value is -2.94. The van der Waals surface area contributed by atoms with Crippen LogP contribution >= 0.6 is 11.8 Å². The molecule has 1 atom stereocenters. The first-order valence-corrected chi connectivity index (χ1v) is 12.1. The fourth-order valence-electron chi connectivity index (χ4n) is 3.63. The third-order valence-electron chi connectivity index (χ3n) is 5.26. The average molecular weight is 470 g/mol. The smallest absolute Gasteiger partial charge is 0.332 e. The van der Waals surface area contributed by atoms with Gasteiger partial charge in [-0.05, 0) is 38.2 Å². The van der Waals surface area contributed by atoms with Crippen LogP contribution in [0.2, 0.25) is 0 Å². The molecule has 0 fully saturated rings. The molecule has 0 saturated carbocycles. The monoisotopic (exact) mass is 469 g/mol. The number of benzene rings is 1. The Morgan fingerprint density at radius 3 is 2.48 bits per heavy atom. The quantitative estimate of drug-likeness (QED) is 0.382. The maximum Gasteiger partial charge on any atom is 0.332 e. The van der Waals surface area contributed by atoms with Gasteiger partial charge in [-0.25, -0.2) is 14.8 Å². The summed E-state index contributed by atoms with van der Waals surface area (Å²) in [5.74, 6) is 0.635. The van der Waals surface area contributed by atoms with E-state index < -0.39 is 11.2 Å². The standard InChI is InChI=1S/C24H31N5O3S/c1-15(2)13-29-21-20(23(31)28(5)24(29)32)22(27-17(4)26-21)33-14-19(30)25-16(3)11-12-18-9-7-6-8-10-18/h6-10,15-16H,11-14H2,1-5H3,(H,25,30). The van der Waals surface area contributed by atoms with E-state index in [-0.39, 0.29) is 29.0 Å². The van der Waals surface area contributed by atoms with Crippen LogP contribution in [0, 0.1) is 12.8 Å². The first kappa shape index (κ1) is 24.7. The number of nitrogens with one attached hydrogen (secondary N) is 1. The molecule has 0 aliphatic rings. The zero-order valence-corrected chi connectivity index (χ0v) is 20.6. The van der Waals surface area contributed by atoms with Gasteiger partial charge in [0.25, 0.3) is 5.56 Å². The molecule has 9 heteroatoms. The number of rotatable bonds is 9. The minimum atomic E-state index is -0.450. The van der Waals surface area contributed by atoms with Gasteiger partial charge in [0.05, 0.1) is 5.75 Å². The molecule has 3 rings (SSSR count). The number of fused-ring (bicyclic) bond motifs is 1. The summed E-state index contributed by atoms with van der Waals surface area (Å²) in [6.07, 6.45) is 1.71. The topological polar surface area (TPSA) is 98.9 Å². The molecule has 1 amide bonds. The third-order valence-corrected chi connectivity index (χ3v) is 6.24. The fourth-order valence-corrected chi connectivity index (χ4v) is 4.50. The number of nitrogens with zero attached hydrogens (tertiary/aromatic N) is 4. The van der Waals surface area contributed by atoms with E-state index in [2.05, 4.69) is 27.4 Å². The van der Waals surface area contributed by atoms with E-state index in [0.29, 0.717) is 23.0 Å². The highest BCUT2D eigenvalue weighted by Gasteiger charge is 2.19. The van der Waals surface area contributed by atoms with Crippen LogP contribution in [0.15, 0.2) is 44.9 Å². The Labute approximate surface area is 197 Å². The van der Waals surface area contributed by atoms with Crippen molar-refractivity contribution in [1.29, 1.82) is 0 Å². The Balaban J connectivity index is 1.77. The molecule has 0 aliphatic heterocycles. The maximum atomic E-state index is 12.9. The normalized spacial score (nSPS) is 12.3. The van der Waals surface area contributed by atoms with Gasteiger partial charge >= 0.3 is 5.69 Å². The largest absolute Gasteiger partial charge is 0.353 e. The summed E-state index contributed by atoms with van der Waals surface area (Å²) in [6, 6.07) is 10.2. The van der Waals surface area contributed by atoms with Crippen LogP contribution in [0.1, 0.15) is 38.6 Å². The summed E-state index contributed by atoms with van der Waals surface area (Å²) < 4.78 is 2.60. The zero-order chi connectivity index (χ0) is 24.1. The minimum absolute atomic E-state index is 0.0197. The predicted molar refractivity (Wildman–Crippen MR) is 132 cm³/mol. The third kappa shape index (κ3) is 6.10. The predicted octanol–water partition coefficient (Wildman–Crippen LogP) is 2.68. The number of carbonyl (C=O) groups is 1. The summed E-state index contributed by atoms with van der Waals surface area (Å²) >= 11 is 1.19. The highest BCUT2D eigenvalue weighted by atomic mass is 32.2. The Kier molecular flexibility index (Phi) is 8.07. The molecule has 8 nitrogen and oxygen atoms in total. The van der Waals surface area contributed by atoms with Crippen LogP contribution in [0.4, 0.5) is 0 Å². The number of carbonyl (C=O) groups excluding carboxylic acids is 1. The van der Waals surface area contributed by atoms with Crippen LogP contribution in [0.25, 0.3) is 11.0 Å². The Morgan fingerprint density at radius 1 is 1.12 bits per heavy atom. The Bertz CT molecular complexity index is 1250. The lowest BCUT2D eigenvalue weighted by Gasteiger charge is -2.16. The van der Waals surface area contributed by atoms with Crippen molar-refractivity contribution < 1.29 is 4.79 Å². The molecule has 2 heterocycles. The van der Waals surface area contributed by atoms with Crippen LogP contribution in [0.5, 0.6) is 0 Å². The summed E-state index contributed by atoms with van der Waals surface area (Å²) in [5.41, 5.74) is 0.706. The second-order valence-corrected chi connectivity index (χ2v) is 9.67. The van der Waals surface area contributed by atoms with Crippen molar-refractivity contribution in [2.75, 3.05) is 5.75 Å². The van der Waals surface area contributed by atoms with Gasteiger partial charge in [0.2, 0.25) is 5.91 Å². The minimum Gasteiger partial charge on any atom is -0.353 e. The SMILES string of the molecule is Cc1nc(SCC(=O)NC(C)CCc2ccccc2)c2c(=O)n(C)c(=O)n(CC(C)C)c2n1. The molecule has 176 valence electrons. The molecule has 0 saturated heterocycles. The van der Waals surface area contributed by atoms with Crippen molar-refractivity contribution in [1.82, 2.24) is 24.4 Å². The van der Waals surface area contributed by atoms with Gasteiger partial charge in [0.1, 0.15) is 16.2 Å². The van der Waals surface area contributed by atoms with E-state index in [9.17, 15) is 14.4 Å². The molecule has 0 spiro atoms. The van der Waals surface area contributed by atoms with Crippen molar-refractivity contribution in [3.63, 3.8) is 0 Å². The number of hydrogen-bond donors (Lipinski definition) is 1. The second kappa shape index (κ2) is 10.8. The van der Waals surface area contributed by atoms with Crippen molar-refractivity contribution in [3.05, 3.63) is 62.6 Å². The van der Waals surface area contributed by atoms with Gasteiger partial charge in [-0.2, -0.15) is 0 Å². The van der Waals surface area contributed by atoms with E-state index in [4.69, 9.17) is 0 Å². The number of hydrogen-bond acceptors (Lipinski definition) is 6. The van der Waals surface area contributed by atoms with Gasteiger partial charge in [0.15, 0.2) is 5.65 Å². The lowest BCUT2D eigenvalue weighted by molar-refractivity contribution is -0.119. The van der Waals surface area contributed by atoms with E-state index in [1.54, 1.807) is 6.92 Å². The summed E-state index contributed by atoms with van der Waals surface area (Å²) in [4.78, 5) is 47.0. The zero-order valence-electron chi connectivity index (χ0n) is 19.8. The summed E-state index contributed by atoms with van der Waals surface area (Å²) in [5, 5.41) is 3.71. The summed E-state index contributed by atoms with van der Waals surface area (Å²) in [6.45, 7) is 8.13. The molecule has 1 unspecified atom stereocenters. The highest BCUT2D eigenvalue weighted by Crippen LogP contribution is 2.22. The summed E-state index contributed by atoms with van der Waals surface area (Å²) in [7, 11) is 1.45. The molecule has 2 aromatic heterocycles. The number of amides is 1. The van der Waals surface area contributed by atoms with Crippen molar-refractivity contribution in [2.45, 2.75) is 58.1 Å². The van der Waals surface area contributed by atoms with Gasteiger partial charge in [0, 0.05) is 19.6 Å². The molecule has 1 N–H and O–H groups in total. The van der Waals surface area contributed by atoms with Crippen LogP contribution < -0.4 is 16.6 Å². The molecule has 0 bridgehead atoms. The highest BCUT2D eigenvalue weighted by molar-refractivity contribution is 8.00. The molecule has 1 aromatic carbocycles. The second-order valence-electron chi connectivity index (χ2n) is 8.71. The lowest BCUT2D eigenvalue weighted by Crippen LogP contribution is -2.39. The van der Waals surface area contributed by atoms with E-state index in [1.807, 2.05) is 39.0 Å². The molecular weight excluding hydrogens is 438 g/mol. The molecule has 0 aliphatic carbocycles. The Morgan fingerprint density at radius 2 is 1.82 bits per heavy atom. The van der Waals surface area contributed by atoms with Gasteiger partial charge < -0.3 is 5.32 Å². The van der Waals surface area contributed by atoms with Gasteiger partial charge in [-0.1, -0.05) is 55.9 Å². The van der Waals surface area contributed by atoms with Crippen LogP contribution in [-0.2, 0) is 24.8 Å². The molecule has 3 aromatic rings. The van der Waals surface area contributed by atoms with Crippen LogP contribution in [0.3, 0.4) is 0 Å². The van der Waals surface area contributed by atoms with Gasteiger partial charge in [-0.3, -0.25) is 18.7 Å². The first-order chi connectivity index (χ1) is 15.7. The van der Waals surface area contributed by atoms with Crippen LogP contribution in [-0.4, -0.2) is 36.8 Å². The lowest BCUT2D eigenvalue weighted by atomic mass is 10.1. The average Bonchev–Trinajstić information content (AvgIpc) is 2.77. The molecular formula is C24H31N5O3S. The van der Waals surface area contributed by atoms with E-state index in [0.717, 1.165) is 17.4 Å². The molecule has 33 heavy (non-hydrogen) atoms. The number of aryl methyl sites for hydroxylation is 2. The van der Waals surface area contributed by atoms with Crippen molar-refractivity contribution in [3.8, 4) is 0 Å². The first-order valence-electron chi connectivity index (χ1n) is 11.1. The van der Waals surface area contributed by atoms with Gasteiger partial charge in [-0.15, -0.1) is 0 Å². The molecule has 0 radical (unpaired) electrons. The van der Waals surface area contributed by atoms with E-state index >= 15 is 0 Å². The fraction of sp³-hybridized carbons (Fsp3) is 0.458. The number of thioether (sulfide) groups is 1.